The highest BCUT2D eigenvalue weighted by Gasteiger charge is 2.05. The Kier molecular flexibility index (Phi) is 4.10. The van der Waals surface area contributed by atoms with Gasteiger partial charge in [0, 0.05) is 26.4 Å². The Morgan fingerprint density at radius 2 is 2.14 bits per heavy atom. The number of nitrogens with zero attached hydrogens (tertiary/aromatic N) is 2. The zero-order valence-electron chi connectivity index (χ0n) is 9.42. The second kappa shape index (κ2) is 5.12. The summed E-state index contributed by atoms with van der Waals surface area (Å²) in [5.74, 6) is 1.08. The molecular formula is C10H19N3O. The van der Waals surface area contributed by atoms with Gasteiger partial charge in [0.15, 0.2) is 0 Å². The van der Waals surface area contributed by atoms with Crippen LogP contribution in [-0.2, 0) is 18.3 Å². The van der Waals surface area contributed by atoms with Crippen LogP contribution in [0.25, 0.3) is 0 Å². The van der Waals surface area contributed by atoms with Crippen molar-refractivity contribution in [1.29, 1.82) is 0 Å². The van der Waals surface area contributed by atoms with Crippen molar-refractivity contribution in [3.05, 3.63) is 17.2 Å². The molecule has 1 aromatic heterocycles. The van der Waals surface area contributed by atoms with Gasteiger partial charge in [-0.05, 0) is 13.8 Å². The Morgan fingerprint density at radius 3 is 2.64 bits per heavy atom. The molecule has 0 aromatic carbocycles. The van der Waals surface area contributed by atoms with E-state index >= 15 is 0 Å². The molecule has 1 aromatic rings. The molecule has 4 nitrogen and oxygen atoms in total. The first-order chi connectivity index (χ1) is 6.66. The molecule has 1 N–H and O–H groups in total. The van der Waals surface area contributed by atoms with Gasteiger partial charge in [0.1, 0.15) is 5.82 Å². The summed E-state index contributed by atoms with van der Waals surface area (Å²) in [5.41, 5.74) is 2.34. The quantitative estimate of drug-likeness (QED) is 0.709. The fourth-order valence-electron chi connectivity index (χ4n) is 1.32. The van der Waals surface area contributed by atoms with Gasteiger partial charge in [-0.1, -0.05) is 0 Å². The third-order valence-electron chi connectivity index (χ3n) is 2.48. The summed E-state index contributed by atoms with van der Waals surface area (Å²) in [6.07, 6.45) is 0. The molecule has 0 aliphatic heterocycles. The molecule has 0 amide bonds. The van der Waals surface area contributed by atoms with Crippen molar-refractivity contribution < 1.29 is 4.74 Å². The predicted molar refractivity (Wildman–Crippen MR) is 56.3 cm³/mol. The Labute approximate surface area is 85.3 Å². The minimum atomic E-state index is 0.738. The molecule has 0 fully saturated rings. The second-order valence-corrected chi connectivity index (χ2v) is 3.43. The lowest BCUT2D eigenvalue weighted by atomic mass is 10.4. The summed E-state index contributed by atoms with van der Waals surface area (Å²) in [6, 6.07) is 0. The van der Waals surface area contributed by atoms with Crippen LogP contribution < -0.4 is 5.32 Å². The summed E-state index contributed by atoms with van der Waals surface area (Å²) < 4.78 is 7.07. The van der Waals surface area contributed by atoms with Crippen LogP contribution in [0.2, 0.25) is 0 Å². The molecule has 0 aliphatic rings. The fraction of sp³-hybridized carbons (Fsp3) is 0.700. The third kappa shape index (κ3) is 2.56. The molecule has 1 rings (SSSR count). The lowest BCUT2D eigenvalue weighted by Crippen LogP contribution is -2.20. The van der Waals surface area contributed by atoms with Crippen molar-refractivity contribution in [1.82, 2.24) is 14.9 Å². The number of aromatic nitrogens is 2. The highest BCUT2D eigenvalue weighted by atomic mass is 16.5. The van der Waals surface area contributed by atoms with E-state index in [1.54, 1.807) is 7.11 Å². The lowest BCUT2D eigenvalue weighted by molar-refractivity contribution is 0.199. The first-order valence-electron chi connectivity index (χ1n) is 4.85. The summed E-state index contributed by atoms with van der Waals surface area (Å²) in [5, 5.41) is 3.28. The maximum atomic E-state index is 4.95. The van der Waals surface area contributed by atoms with Gasteiger partial charge in [-0.25, -0.2) is 4.98 Å². The van der Waals surface area contributed by atoms with Crippen LogP contribution in [0.1, 0.15) is 17.2 Å². The number of methoxy groups -OCH3 is 1. The fourth-order valence-corrected chi connectivity index (χ4v) is 1.32. The molecule has 0 bridgehead atoms. The Morgan fingerprint density at radius 1 is 1.43 bits per heavy atom. The maximum absolute atomic E-state index is 4.95. The Hall–Kier alpha value is -0.870. The average molecular weight is 197 g/mol. The van der Waals surface area contributed by atoms with Crippen molar-refractivity contribution in [3.8, 4) is 0 Å². The van der Waals surface area contributed by atoms with E-state index in [0.717, 1.165) is 31.2 Å². The SMILES string of the molecule is COCCNCc1nc(C)c(C)n1C. The van der Waals surface area contributed by atoms with Crippen LogP contribution in [0.15, 0.2) is 0 Å². The molecule has 14 heavy (non-hydrogen) atoms. The van der Waals surface area contributed by atoms with E-state index in [1.165, 1.54) is 5.69 Å². The molecule has 4 heteroatoms. The van der Waals surface area contributed by atoms with E-state index < -0.39 is 0 Å². The molecule has 1 heterocycles. The molecule has 80 valence electrons. The zero-order valence-corrected chi connectivity index (χ0v) is 9.42. The Balaban J connectivity index is 2.47. The summed E-state index contributed by atoms with van der Waals surface area (Å²) in [4.78, 5) is 4.47. The van der Waals surface area contributed by atoms with Crippen LogP contribution in [0, 0.1) is 13.8 Å². The molecule has 0 saturated carbocycles. The van der Waals surface area contributed by atoms with Gasteiger partial charge in [-0.2, -0.15) is 0 Å². The number of imidazole rings is 1. The average Bonchev–Trinajstić information content (AvgIpc) is 2.41. The monoisotopic (exact) mass is 197 g/mol. The maximum Gasteiger partial charge on any atom is 0.122 e. The first kappa shape index (κ1) is 11.2. The van der Waals surface area contributed by atoms with E-state index in [9.17, 15) is 0 Å². The molecule has 0 atom stereocenters. The Bertz CT molecular complexity index is 294. The lowest BCUT2D eigenvalue weighted by Gasteiger charge is -2.04. The van der Waals surface area contributed by atoms with Gasteiger partial charge in [-0.3, -0.25) is 0 Å². The van der Waals surface area contributed by atoms with Gasteiger partial charge in [0.05, 0.1) is 18.8 Å². The van der Waals surface area contributed by atoms with Crippen molar-refractivity contribution in [2.75, 3.05) is 20.3 Å². The molecule has 0 aliphatic carbocycles. The first-order valence-corrected chi connectivity index (χ1v) is 4.85. The highest BCUT2D eigenvalue weighted by Crippen LogP contribution is 2.06. The molecule has 0 radical (unpaired) electrons. The largest absolute Gasteiger partial charge is 0.383 e. The van der Waals surface area contributed by atoms with E-state index in [0.29, 0.717) is 0 Å². The zero-order chi connectivity index (χ0) is 10.6. The van der Waals surface area contributed by atoms with Gasteiger partial charge in [-0.15, -0.1) is 0 Å². The minimum absolute atomic E-state index is 0.738. The number of hydrogen-bond acceptors (Lipinski definition) is 3. The van der Waals surface area contributed by atoms with Crippen LogP contribution in [-0.4, -0.2) is 29.8 Å². The third-order valence-corrected chi connectivity index (χ3v) is 2.48. The molecule has 0 saturated heterocycles. The van der Waals surface area contributed by atoms with E-state index in [2.05, 4.69) is 21.8 Å². The van der Waals surface area contributed by atoms with Gasteiger partial charge < -0.3 is 14.6 Å². The van der Waals surface area contributed by atoms with Crippen LogP contribution in [0.4, 0.5) is 0 Å². The van der Waals surface area contributed by atoms with Gasteiger partial charge in [0.2, 0.25) is 0 Å². The van der Waals surface area contributed by atoms with Crippen molar-refractivity contribution in [2.24, 2.45) is 7.05 Å². The van der Waals surface area contributed by atoms with Gasteiger partial charge >= 0.3 is 0 Å². The number of hydrogen-bond donors (Lipinski definition) is 1. The smallest absolute Gasteiger partial charge is 0.122 e. The van der Waals surface area contributed by atoms with Gasteiger partial charge in [0.25, 0.3) is 0 Å². The molecular weight excluding hydrogens is 178 g/mol. The second-order valence-electron chi connectivity index (χ2n) is 3.43. The van der Waals surface area contributed by atoms with Crippen molar-refractivity contribution in [2.45, 2.75) is 20.4 Å². The van der Waals surface area contributed by atoms with Crippen LogP contribution in [0.3, 0.4) is 0 Å². The normalized spacial score (nSPS) is 10.9. The van der Waals surface area contributed by atoms with E-state index in [4.69, 9.17) is 4.74 Å². The minimum Gasteiger partial charge on any atom is -0.383 e. The van der Waals surface area contributed by atoms with E-state index in [1.807, 2.05) is 14.0 Å². The summed E-state index contributed by atoms with van der Waals surface area (Å²) in [7, 11) is 3.75. The van der Waals surface area contributed by atoms with Crippen molar-refractivity contribution >= 4 is 0 Å². The van der Waals surface area contributed by atoms with Crippen molar-refractivity contribution in [3.63, 3.8) is 0 Å². The highest BCUT2D eigenvalue weighted by molar-refractivity contribution is 5.13. The topological polar surface area (TPSA) is 39.1 Å². The predicted octanol–water partition coefficient (Wildman–Crippen LogP) is 0.773. The summed E-state index contributed by atoms with van der Waals surface area (Å²) >= 11 is 0. The standard InChI is InChI=1S/C10H19N3O/c1-8-9(2)13(3)10(12-8)7-11-5-6-14-4/h11H,5-7H2,1-4H3. The number of aryl methyl sites for hydroxylation is 1. The number of ether oxygens (including phenoxy) is 1. The summed E-state index contributed by atoms with van der Waals surface area (Å²) in [6.45, 7) is 6.52. The van der Waals surface area contributed by atoms with Crippen LogP contribution in [0.5, 0.6) is 0 Å². The number of rotatable bonds is 5. The van der Waals surface area contributed by atoms with Crippen LogP contribution >= 0.6 is 0 Å². The molecule has 0 spiro atoms. The molecule has 0 unspecified atom stereocenters. The van der Waals surface area contributed by atoms with E-state index in [-0.39, 0.29) is 0 Å². The number of nitrogens with one attached hydrogen (secondary N) is 1.